The van der Waals surface area contributed by atoms with Gasteiger partial charge in [0, 0.05) is 0 Å². The van der Waals surface area contributed by atoms with Crippen molar-refractivity contribution in [3.05, 3.63) is 109 Å². The van der Waals surface area contributed by atoms with Crippen molar-refractivity contribution in [2.75, 3.05) is 0 Å². The van der Waals surface area contributed by atoms with Crippen LogP contribution in [0.2, 0.25) is 0 Å². The first-order valence-corrected chi connectivity index (χ1v) is 9.57. The maximum atomic E-state index is 3.85. The van der Waals surface area contributed by atoms with Crippen LogP contribution >= 0.6 is 20.3 Å². The van der Waals surface area contributed by atoms with Crippen LogP contribution in [0, 0.1) is 0 Å². The van der Waals surface area contributed by atoms with Crippen LogP contribution in [0.25, 0.3) is 18.2 Å². The van der Waals surface area contributed by atoms with Crippen LogP contribution in [0.3, 0.4) is 0 Å². The van der Waals surface area contributed by atoms with E-state index < -0.39 is 7.92 Å². The molecule has 0 nitrogen and oxygen atoms in total. The summed E-state index contributed by atoms with van der Waals surface area (Å²) in [4.78, 5) is 0. The number of benzene rings is 3. The summed E-state index contributed by atoms with van der Waals surface area (Å²) in [6.07, 6.45) is 5.64. The van der Waals surface area contributed by atoms with Gasteiger partial charge in [-0.1, -0.05) is 111 Å². The molecule has 0 bridgehead atoms. The fraction of sp³-hybridized carbons (Fsp3) is 0. The molecule has 0 N–H and O–H groups in total. The van der Waals surface area contributed by atoms with E-state index in [0.29, 0.717) is 0 Å². The highest BCUT2D eigenvalue weighted by molar-refractivity contribution is 7.79. The molecule has 26 heavy (non-hydrogen) atoms. The van der Waals surface area contributed by atoms with Gasteiger partial charge in [-0.15, -0.1) is 12.4 Å². The summed E-state index contributed by atoms with van der Waals surface area (Å²) in [5.74, 6) is 0. The Balaban J connectivity index is 0.00000243. The van der Waals surface area contributed by atoms with Crippen LogP contribution < -0.4 is 15.9 Å². The molecular formula is C24H22ClP. The normalized spacial score (nSPS) is 10.0. The van der Waals surface area contributed by atoms with Crippen molar-refractivity contribution in [2.45, 2.75) is 0 Å². The maximum absolute atomic E-state index is 3.85. The van der Waals surface area contributed by atoms with Crippen LogP contribution in [-0.2, 0) is 0 Å². The SMILES string of the molecule is C=Cc1ccc(P(c2ccc(C=C)cc2)c2ccc(C=C)cc2)cc1.Cl. The van der Waals surface area contributed by atoms with Crippen molar-refractivity contribution >= 4 is 54.5 Å². The average Bonchev–Trinajstić information content (AvgIpc) is 2.70. The first-order valence-electron chi connectivity index (χ1n) is 8.23. The topological polar surface area (TPSA) is 0 Å². The highest BCUT2D eigenvalue weighted by atomic mass is 35.5. The molecule has 130 valence electrons. The van der Waals surface area contributed by atoms with E-state index >= 15 is 0 Å². The van der Waals surface area contributed by atoms with Gasteiger partial charge in [0.25, 0.3) is 0 Å². The van der Waals surface area contributed by atoms with E-state index in [2.05, 4.69) is 92.5 Å². The molecule has 0 saturated carbocycles. The summed E-state index contributed by atoms with van der Waals surface area (Å²) in [7, 11) is -0.601. The van der Waals surface area contributed by atoms with E-state index in [1.807, 2.05) is 18.2 Å². The second-order valence-corrected chi connectivity index (χ2v) is 7.94. The lowest BCUT2D eigenvalue weighted by molar-refractivity contribution is 1.68. The molecule has 0 radical (unpaired) electrons. The minimum atomic E-state index is -0.601. The molecule has 3 rings (SSSR count). The van der Waals surface area contributed by atoms with Gasteiger partial charge in [0.05, 0.1) is 0 Å². The van der Waals surface area contributed by atoms with Gasteiger partial charge < -0.3 is 0 Å². The molecule has 0 heterocycles. The smallest absolute Gasteiger partial charge is 0.0134 e. The molecule has 0 fully saturated rings. The van der Waals surface area contributed by atoms with E-state index in [9.17, 15) is 0 Å². The minimum absolute atomic E-state index is 0. The summed E-state index contributed by atoms with van der Waals surface area (Å²) in [6.45, 7) is 11.5. The fourth-order valence-corrected chi connectivity index (χ4v) is 4.96. The molecule has 0 aliphatic heterocycles. The Morgan fingerprint density at radius 1 is 0.462 bits per heavy atom. The second kappa shape index (κ2) is 9.34. The standard InChI is InChI=1S/C24H21P.ClH/c1-4-19-7-13-22(14-8-19)25(23-15-9-20(5-2)10-16-23)24-17-11-21(6-3)12-18-24;/h4-18H,1-3H2;1H. The molecule has 2 heteroatoms. The van der Waals surface area contributed by atoms with E-state index in [0.717, 1.165) is 16.7 Å². The second-order valence-electron chi connectivity index (χ2n) is 5.72. The summed E-state index contributed by atoms with van der Waals surface area (Å²) >= 11 is 0. The molecule has 0 aliphatic rings. The van der Waals surface area contributed by atoms with Crippen LogP contribution in [0.4, 0.5) is 0 Å². The van der Waals surface area contributed by atoms with Gasteiger partial charge in [0.15, 0.2) is 0 Å². The van der Waals surface area contributed by atoms with Crippen molar-refractivity contribution in [1.82, 2.24) is 0 Å². The highest BCUT2D eigenvalue weighted by Crippen LogP contribution is 2.33. The van der Waals surface area contributed by atoms with Crippen LogP contribution in [0.15, 0.2) is 92.5 Å². The lowest BCUT2D eigenvalue weighted by Crippen LogP contribution is -2.20. The summed E-state index contributed by atoms with van der Waals surface area (Å²) in [5.41, 5.74) is 3.42. The zero-order valence-electron chi connectivity index (χ0n) is 14.6. The monoisotopic (exact) mass is 376 g/mol. The molecule has 0 amide bonds. The zero-order valence-corrected chi connectivity index (χ0v) is 16.3. The molecule has 0 spiro atoms. The van der Waals surface area contributed by atoms with Gasteiger partial charge in [-0.05, 0) is 40.5 Å². The third-order valence-corrected chi connectivity index (χ3v) is 6.60. The van der Waals surface area contributed by atoms with E-state index in [4.69, 9.17) is 0 Å². The van der Waals surface area contributed by atoms with E-state index in [-0.39, 0.29) is 12.4 Å². The number of hydrogen-bond donors (Lipinski definition) is 0. The van der Waals surface area contributed by atoms with Gasteiger partial charge >= 0.3 is 0 Å². The van der Waals surface area contributed by atoms with Gasteiger partial charge in [-0.2, -0.15) is 0 Å². The zero-order chi connectivity index (χ0) is 17.6. The minimum Gasteiger partial charge on any atom is -0.147 e. The average molecular weight is 377 g/mol. The molecule has 0 aliphatic carbocycles. The Morgan fingerprint density at radius 2 is 0.692 bits per heavy atom. The molecule has 3 aromatic rings. The van der Waals surface area contributed by atoms with Crippen molar-refractivity contribution in [2.24, 2.45) is 0 Å². The quantitative estimate of drug-likeness (QED) is 0.477. The lowest BCUT2D eigenvalue weighted by Gasteiger charge is -2.20. The van der Waals surface area contributed by atoms with Crippen molar-refractivity contribution in [1.29, 1.82) is 0 Å². The first-order chi connectivity index (χ1) is 12.2. The summed E-state index contributed by atoms with van der Waals surface area (Å²) < 4.78 is 0. The van der Waals surface area contributed by atoms with Crippen LogP contribution in [0.1, 0.15) is 16.7 Å². The molecule has 3 aromatic carbocycles. The van der Waals surface area contributed by atoms with Gasteiger partial charge in [-0.3, -0.25) is 0 Å². The van der Waals surface area contributed by atoms with Crippen molar-refractivity contribution in [3.8, 4) is 0 Å². The summed E-state index contributed by atoms with van der Waals surface area (Å²) in [6, 6.07) is 26.1. The van der Waals surface area contributed by atoms with Crippen molar-refractivity contribution in [3.63, 3.8) is 0 Å². The largest absolute Gasteiger partial charge is 0.147 e. The highest BCUT2D eigenvalue weighted by Gasteiger charge is 2.16. The van der Waals surface area contributed by atoms with Crippen LogP contribution in [-0.4, -0.2) is 0 Å². The van der Waals surface area contributed by atoms with E-state index in [1.54, 1.807) is 0 Å². The predicted octanol–water partition coefficient (Wildman–Crippen LogP) is 5.80. The Kier molecular flexibility index (Phi) is 7.16. The fourth-order valence-electron chi connectivity index (χ4n) is 2.73. The van der Waals surface area contributed by atoms with Crippen molar-refractivity contribution < 1.29 is 0 Å². The number of hydrogen-bond acceptors (Lipinski definition) is 0. The van der Waals surface area contributed by atoms with Crippen LogP contribution in [0.5, 0.6) is 0 Å². The molecule has 0 aromatic heterocycles. The maximum Gasteiger partial charge on any atom is -0.0134 e. The van der Waals surface area contributed by atoms with Gasteiger partial charge in [0.2, 0.25) is 0 Å². The number of rotatable bonds is 6. The van der Waals surface area contributed by atoms with E-state index in [1.165, 1.54) is 15.9 Å². The Morgan fingerprint density at radius 3 is 0.885 bits per heavy atom. The third kappa shape index (κ3) is 4.41. The van der Waals surface area contributed by atoms with Gasteiger partial charge in [-0.25, -0.2) is 0 Å². The molecule has 0 saturated heterocycles. The Labute approximate surface area is 163 Å². The predicted molar refractivity (Wildman–Crippen MR) is 123 cm³/mol. The number of halogens is 1. The van der Waals surface area contributed by atoms with Gasteiger partial charge in [0.1, 0.15) is 0 Å². The Bertz CT molecular complexity index is 753. The summed E-state index contributed by atoms with van der Waals surface area (Å²) in [5, 5.41) is 4.00. The molecule has 0 atom stereocenters. The third-order valence-electron chi connectivity index (χ3n) is 4.16. The molecular weight excluding hydrogens is 355 g/mol. The Hall–Kier alpha value is -2.40. The molecule has 0 unspecified atom stereocenters. The first kappa shape index (κ1) is 19.9. The lowest BCUT2D eigenvalue weighted by atomic mass is 10.2.